The number of rotatable bonds is 10. The van der Waals surface area contributed by atoms with Crippen molar-refractivity contribution in [2.75, 3.05) is 0 Å². The van der Waals surface area contributed by atoms with Gasteiger partial charge in [-0.05, 0) is 35.8 Å². The maximum Gasteiger partial charge on any atom is 0.495 e. The summed E-state index contributed by atoms with van der Waals surface area (Å²) in [6.07, 6.45) is 5.85. The monoisotopic (exact) mass is 311 g/mol. The number of hydrogen-bond acceptors (Lipinski definition) is 3. The molecule has 0 saturated carbocycles. The molecule has 1 aromatic carbocycles. The molecule has 0 N–H and O–H groups in total. The lowest BCUT2D eigenvalue weighted by atomic mass is 9.84. The molecule has 0 heterocycles. The summed E-state index contributed by atoms with van der Waals surface area (Å²) in [5.74, 6) is 0. The van der Waals surface area contributed by atoms with Crippen molar-refractivity contribution in [1.82, 2.24) is 0 Å². The number of benzene rings is 1. The summed E-state index contributed by atoms with van der Waals surface area (Å²) in [4.78, 5) is 0.877. The molecular formula is C16H24O2PS+. The van der Waals surface area contributed by atoms with Crippen LogP contribution in [0.5, 0.6) is 0 Å². The first-order valence-corrected chi connectivity index (χ1v) is 8.57. The fraction of sp³-hybridized carbons (Fsp3) is 0.562. The summed E-state index contributed by atoms with van der Waals surface area (Å²) in [5, 5.41) is 0. The topological polar surface area (TPSA) is 26.3 Å². The zero-order valence-electron chi connectivity index (χ0n) is 12.4. The largest absolute Gasteiger partial charge is 0.495 e. The number of thiocarbonyl (C=S) groups is 1. The van der Waals surface area contributed by atoms with Crippen LogP contribution >= 0.6 is 20.9 Å². The number of hydrogen-bond donors (Lipinski definition) is 0. The van der Waals surface area contributed by atoms with Gasteiger partial charge in [0, 0.05) is 4.86 Å². The molecule has 4 heteroatoms. The highest BCUT2D eigenvalue weighted by Gasteiger charge is 2.41. The van der Waals surface area contributed by atoms with Crippen molar-refractivity contribution in [3.8, 4) is 0 Å². The van der Waals surface area contributed by atoms with Gasteiger partial charge in [0.15, 0.2) is 5.60 Å². The summed E-state index contributed by atoms with van der Waals surface area (Å²) >= 11 is 5.65. The highest BCUT2D eigenvalue weighted by atomic mass is 32.1. The van der Waals surface area contributed by atoms with Crippen molar-refractivity contribution in [2.24, 2.45) is 0 Å². The lowest BCUT2D eigenvalue weighted by Crippen LogP contribution is -2.35. The Labute approximate surface area is 129 Å². The first-order chi connectivity index (χ1) is 9.71. The van der Waals surface area contributed by atoms with Crippen molar-refractivity contribution in [3.63, 3.8) is 0 Å². The Morgan fingerprint density at radius 2 is 1.85 bits per heavy atom. The van der Waals surface area contributed by atoms with E-state index in [1.165, 1.54) is 0 Å². The third-order valence-electron chi connectivity index (χ3n) is 3.55. The van der Waals surface area contributed by atoms with Gasteiger partial charge in [0.1, 0.15) is 0 Å². The molecule has 0 aromatic heterocycles. The zero-order valence-corrected chi connectivity index (χ0v) is 14.2. The minimum Gasteiger partial charge on any atom is -0.131 e. The Kier molecular flexibility index (Phi) is 8.13. The van der Waals surface area contributed by atoms with Gasteiger partial charge in [-0.3, -0.25) is 0 Å². The minimum absolute atomic E-state index is 0.665. The van der Waals surface area contributed by atoms with E-state index in [0.717, 1.165) is 49.0 Å². The highest BCUT2D eigenvalue weighted by Crippen LogP contribution is 2.38. The molecule has 0 bridgehead atoms. The Balaban J connectivity index is 3.12. The molecule has 0 saturated heterocycles. The van der Waals surface area contributed by atoms with Crippen molar-refractivity contribution >= 4 is 25.8 Å². The average Bonchev–Trinajstić information content (AvgIpc) is 2.50. The van der Waals surface area contributed by atoms with E-state index in [9.17, 15) is 4.57 Å². The van der Waals surface area contributed by atoms with E-state index in [4.69, 9.17) is 16.7 Å². The Morgan fingerprint density at radius 1 is 1.20 bits per heavy atom. The van der Waals surface area contributed by atoms with Crippen LogP contribution in [0.2, 0.25) is 0 Å². The fourth-order valence-corrected chi connectivity index (χ4v) is 3.32. The third kappa shape index (κ3) is 4.44. The summed E-state index contributed by atoms with van der Waals surface area (Å²) in [6.45, 7) is 4.29. The van der Waals surface area contributed by atoms with E-state index in [1.807, 2.05) is 30.3 Å². The SMILES string of the molecule is CCCCC(=S)C(CCCC)(O[PH+]=O)c1ccccc1. The van der Waals surface area contributed by atoms with E-state index < -0.39 is 14.3 Å². The van der Waals surface area contributed by atoms with Gasteiger partial charge in [-0.2, -0.15) is 0 Å². The van der Waals surface area contributed by atoms with Gasteiger partial charge < -0.3 is 0 Å². The molecule has 2 nitrogen and oxygen atoms in total. The highest BCUT2D eigenvalue weighted by molar-refractivity contribution is 7.80. The second-order valence-electron chi connectivity index (χ2n) is 5.01. The molecule has 20 heavy (non-hydrogen) atoms. The van der Waals surface area contributed by atoms with Gasteiger partial charge in [-0.25, -0.2) is 0 Å². The summed E-state index contributed by atoms with van der Waals surface area (Å²) in [5.41, 5.74) is 0.361. The van der Waals surface area contributed by atoms with E-state index in [-0.39, 0.29) is 0 Å². The van der Waals surface area contributed by atoms with Crippen LogP contribution in [0.1, 0.15) is 57.9 Å². The van der Waals surface area contributed by atoms with Crippen LogP contribution in [0, 0.1) is 0 Å². The molecule has 2 unspecified atom stereocenters. The quantitative estimate of drug-likeness (QED) is 0.416. The molecule has 2 atom stereocenters. The number of unbranched alkanes of at least 4 members (excludes halogenated alkanes) is 2. The summed E-state index contributed by atoms with van der Waals surface area (Å²) in [7, 11) is -0.794. The molecule has 0 spiro atoms. The van der Waals surface area contributed by atoms with Gasteiger partial charge in [0.05, 0.1) is 0 Å². The molecule has 0 radical (unpaired) electrons. The first-order valence-electron chi connectivity index (χ1n) is 7.35. The maximum atomic E-state index is 11.2. The zero-order chi connectivity index (χ0) is 14.8. The van der Waals surface area contributed by atoms with Crippen LogP contribution in [-0.2, 0) is 14.7 Å². The lowest BCUT2D eigenvalue weighted by molar-refractivity contribution is 0.146. The van der Waals surface area contributed by atoms with E-state index in [2.05, 4.69) is 13.8 Å². The van der Waals surface area contributed by atoms with Crippen LogP contribution in [0.15, 0.2) is 30.3 Å². The second-order valence-corrected chi connectivity index (χ2v) is 5.87. The van der Waals surface area contributed by atoms with E-state index in [0.29, 0.717) is 0 Å². The molecule has 0 aliphatic heterocycles. The van der Waals surface area contributed by atoms with Crippen LogP contribution < -0.4 is 0 Å². The Morgan fingerprint density at radius 3 is 2.40 bits per heavy atom. The molecule has 0 aliphatic carbocycles. The molecule has 1 aromatic rings. The lowest BCUT2D eigenvalue weighted by Gasteiger charge is -2.29. The van der Waals surface area contributed by atoms with Crippen LogP contribution in [0.4, 0.5) is 0 Å². The summed E-state index contributed by atoms with van der Waals surface area (Å²) in [6, 6.07) is 9.98. The Bertz CT molecular complexity index is 422. The third-order valence-corrected chi connectivity index (χ3v) is 4.51. The van der Waals surface area contributed by atoms with Gasteiger partial charge in [0.2, 0.25) is 0 Å². The molecule has 0 aliphatic rings. The molecular weight excluding hydrogens is 287 g/mol. The van der Waals surface area contributed by atoms with E-state index >= 15 is 0 Å². The van der Waals surface area contributed by atoms with Gasteiger partial charge in [-0.1, -0.05) is 69.2 Å². The fourth-order valence-electron chi connectivity index (χ4n) is 2.36. The van der Waals surface area contributed by atoms with Crippen LogP contribution in [0.3, 0.4) is 0 Å². The average molecular weight is 311 g/mol. The van der Waals surface area contributed by atoms with Crippen molar-refractivity contribution < 1.29 is 9.09 Å². The predicted molar refractivity (Wildman–Crippen MR) is 89.9 cm³/mol. The van der Waals surface area contributed by atoms with Crippen molar-refractivity contribution in [1.29, 1.82) is 0 Å². The molecule has 0 fully saturated rings. The molecule has 110 valence electrons. The maximum absolute atomic E-state index is 11.2. The summed E-state index contributed by atoms with van der Waals surface area (Å²) < 4.78 is 16.9. The van der Waals surface area contributed by atoms with Gasteiger partial charge in [0.25, 0.3) is 0 Å². The standard InChI is InChI=1S/C16H24O2PS/c1-3-5-12-15(20)16(18-19-17,13-6-4-2)14-10-8-7-9-11-14/h7-11,19H,3-6,12-13H2,1-2H3/q+1. The normalized spacial score (nSPS) is 14.1. The van der Waals surface area contributed by atoms with Crippen LogP contribution in [-0.4, -0.2) is 4.86 Å². The molecule has 1 rings (SSSR count). The predicted octanol–water partition coefficient (Wildman–Crippen LogP) is 5.59. The minimum atomic E-state index is -0.794. The van der Waals surface area contributed by atoms with E-state index in [1.54, 1.807) is 0 Å². The van der Waals surface area contributed by atoms with Crippen molar-refractivity contribution in [3.05, 3.63) is 35.9 Å². The first kappa shape index (κ1) is 17.4. The van der Waals surface area contributed by atoms with Gasteiger partial charge in [-0.15, -0.1) is 4.52 Å². The van der Waals surface area contributed by atoms with Gasteiger partial charge >= 0.3 is 8.69 Å². The van der Waals surface area contributed by atoms with Crippen LogP contribution in [0.25, 0.3) is 0 Å². The van der Waals surface area contributed by atoms with Crippen molar-refractivity contribution in [2.45, 2.75) is 58.0 Å². The smallest absolute Gasteiger partial charge is 0.131 e. The molecule has 0 amide bonds. The Hall–Kier alpha value is -0.630. The second kappa shape index (κ2) is 9.33.